The minimum atomic E-state index is -0.485. The molecule has 0 saturated heterocycles. The van der Waals surface area contributed by atoms with Gasteiger partial charge in [-0.1, -0.05) is 19.9 Å². The number of amides is 1. The van der Waals surface area contributed by atoms with Crippen LogP contribution in [0.1, 0.15) is 53.9 Å². The fourth-order valence-electron chi connectivity index (χ4n) is 3.16. The van der Waals surface area contributed by atoms with Gasteiger partial charge in [-0.3, -0.25) is 4.79 Å². The summed E-state index contributed by atoms with van der Waals surface area (Å²) in [4.78, 5) is 23.9. The number of nitrogens with one attached hydrogen (secondary N) is 1. The fraction of sp³-hybridized carbons (Fsp3) is 0.750. The number of carbonyl (C=O) groups is 2. The van der Waals surface area contributed by atoms with E-state index >= 15 is 0 Å². The van der Waals surface area contributed by atoms with E-state index in [-0.39, 0.29) is 22.8 Å². The summed E-state index contributed by atoms with van der Waals surface area (Å²) in [5, 5.41) is 2.92. The summed E-state index contributed by atoms with van der Waals surface area (Å²) in [5.41, 5.74) is -0.884. The summed E-state index contributed by atoms with van der Waals surface area (Å²) in [6.45, 7) is 9.64. The molecule has 0 unspecified atom stereocenters. The second-order valence-corrected chi connectivity index (χ2v) is 7.69. The normalized spacial score (nSPS) is 31.7. The average Bonchev–Trinajstić information content (AvgIpc) is 2.14. The molecule has 0 atom stereocenters. The van der Waals surface area contributed by atoms with Crippen molar-refractivity contribution in [2.75, 3.05) is 0 Å². The maximum atomic E-state index is 12.1. The van der Waals surface area contributed by atoms with Gasteiger partial charge in [-0.25, -0.2) is 4.79 Å². The van der Waals surface area contributed by atoms with E-state index in [1.54, 1.807) is 6.08 Å². The minimum absolute atomic E-state index is 0.191. The van der Waals surface area contributed by atoms with Crippen molar-refractivity contribution >= 4 is 11.9 Å². The highest BCUT2D eigenvalue weighted by Crippen LogP contribution is 2.67. The second kappa shape index (κ2) is 4.61. The Hall–Kier alpha value is -1.32. The summed E-state index contributed by atoms with van der Waals surface area (Å²) in [6.07, 6.45) is 5.52. The Morgan fingerprint density at radius 1 is 1.20 bits per heavy atom. The first-order valence-electron chi connectivity index (χ1n) is 7.30. The van der Waals surface area contributed by atoms with Crippen LogP contribution >= 0.6 is 0 Å². The van der Waals surface area contributed by atoms with Crippen LogP contribution in [0.3, 0.4) is 0 Å². The highest BCUT2D eigenvalue weighted by Gasteiger charge is 2.71. The number of rotatable bonds is 4. The molecule has 3 rings (SSSR count). The van der Waals surface area contributed by atoms with Gasteiger partial charge >= 0.3 is 6.09 Å². The van der Waals surface area contributed by atoms with Crippen LogP contribution in [-0.4, -0.2) is 23.0 Å². The summed E-state index contributed by atoms with van der Waals surface area (Å²) in [6, 6.07) is 0. The van der Waals surface area contributed by atoms with E-state index in [4.69, 9.17) is 4.74 Å². The van der Waals surface area contributed by atoms with Gasteiger partial charge in [0.25, 0.3) is 0 Å². The lowest BCUT2D eigenvalue weighted by molar-refractivity contribution is -0.172. The Bertz CT molecular complexity index is 437. The van der Waals surface area contributed by atoms with E-state index in [1.807, 2.05) is 26.8 Å². The molecule has 0 aromatic heterocycles. The number of alkyl carbamates (subject to hydrolysis) is 1. The van der Waals surface area contributed by atoms with Gasteiger partial charge in [-0.2, -0.15) is 0 Å². The number of allylic oxidation sites excluding steroid dienone is 2. The predicted octanol–water partition coefficient (Wildman–Crippen LogP) is 3.22. The summed E-state index contributed by atoms with van der Waals surface area (Å²) < 4.78 is 5.26. The van der Waals surface area contributed by atoms with Gasteiger partial charge < -0.3 is 10.1 Å². The van der Waals surface area contributed by atoms with Crippen molar-refractivity contribution in [1.29, 1.82) is 0 Å². The number of ether oxygens (including phenoxy) is 1. The van der Waals surface area contributed by atoms with Gasteiger partial charge in [-0.15, -0.1) is 0 Å². The molecule has 3 fully saturated rings. The Morgan fingerprint density at radius 2 is 1.75 bits per heavy atom. The molecule has 1 N–H and O–H groups in total. The third-order valence-electron chi connectivity index (χ3n) is 3.95. The molecule has 112 valence electrons. The van der Waals surface area contributed by atoms with E-state index in [1.165, 1.54) is 0 Å². The Morgan fingerprint density at radius 3 is 2.20 bits per heavy atom. The molecule has 4 heteroatoms. The van der Waals surface area contributed by atoms with Crippen molar-refractivity contribution in [2.24, 2.45) is 11.3 Å². The molecule has 0 radical (unpaired) electrons. The van der Waals surface area contributed by atoms with Gasteiger partial charge in [-0.05, 0) is 52.0 Å². The highest BCUT2D eigenvalue weighted by atomic mass is 16.6. The zero-order valence-corrected chi connectivity index (χ0v) is 13.1. The summed E-state index contributed by atoms with van der Waals surface area (Å²) in [7, 11) is 0. The van der Waals surface area contributed by atoms with Crippen LogP contribution in [0.15, 0.2) is 12.2 Å². The molecule has 3 aliphatic rings. The van der Waals surface area contributed by atoms with Crippen molar-refractivity contribution in [1.82, 2.24) is 5.32 Å². The quantitative estimate of drug-likeness (QED) is 0.804. The fourth-order valence-corrected chi connectivity index (χ4v) is 3.16. The third kappa shape index (κ3) is 2.89. The van der Waals surface area contributed by atoms with Crippen molar-refractivity contribution in [2.45, 2.75) is 65.0 Å². The van der Waals surface area contributed by atoms with Crippen LogP contribution in [-0.2, 0) is 9.53 Å². The van der Waals surface area contributed by atoms with E-state index in [9.17, 15) is 9.59 Å². The van der Waals surface area contributed by atoms with Crippen LogP contribution in [0.5, 0.6) is 0 Å². The first kappa shape index (κ1) is 15.1. The lowest BCUT2D eigenvalue weighted by Crippen LogP contribution is -2.77. The van der Waals surface area contributed by atoms with Crippen LogP contribution in [0.2, 0.25) is 0 Å². The van der Waals surface area contributed by atoms with Gasteiger partial charge in [0.1, 0.15) is 5.60 Å². The zero-order valence-electron chi connectivity index (χ0n) is 13.1. The first-order valence-corrected chi connectivity index (χ1v) is 7.30. The second-order valence-electron chi connectivity index (χ2n) is 7.69. The van der Waals surface area contributed by atoms with Crippen LogP contribution in [0.4, 0.5) is 4.79 Å². The van der Waals surface area contributed by atoms with Crippen molar-refractivity contribution in [3.8, 4) is 0 Å². The van der Waals surface area contributed by atoms with Gasteiger partial charge in [0.2, 0.25) is 0 Å². The molecule has 4 nitrogen and oxygen atoms in total. The van der Waals surface area contributed by atoms with Crippen LogP contribution in [0.25, 0.3) is 0 Å². The van der Waals surface area contributed by atoms with E-state index in [2.05, 4.69) is 19.2 Å². The molecule has 0 heterocycles. The monoisotopic (exact) mass is 279 g/mol. The number of hydrogen-bond donors (Lipinski definition) is 1. The SMILES string of the molecule is CC(C)/C=C/C(=O)C12CC(NC(=O)OC(C)(C)C)(C1)C2. The molecule has 3 saturated carbocycles. The molecule has 2 bridgehead atoms. The third-order valence-corrected chi connectivity index (χ3v) is 3.95. The maximum absolute atomic E-state index is 12.1. The van der Waals surface area contributed by atoms with Gasteiger partial charge in [0.15, 0.2) is 5.78 Å². The molecule has 0 aliphatic heterocycles. The van der Waals surface area contributed by atoms with Crippen molar-refractivity contribution < 1.29 is 14.3 Å². The molecule has 0 aromatic carbocycles. The Kier molecular flexibility index (Phi) is 3.47. The topological polar surface area (TPSA) is 55.4 Å². The number of carbonyl (C=O) groups excluding carboxylic acids is 2. The lowest BCUT2D eigenvalue weighted by atomic mass is 9.38. The Labute approximate surface area is 120 Å². The van der Waals surface area contributed by atoms with Crippen molar-refractivity contribution in [3.05, 3.63) is 12.2 Å². The average molecular weight is 279 g/mol. The van der Waals surface area contributed by atoms with E-state index in [0.717, 1.165) is 19.3 Å². The van der Waals surface area contributed by atoms with Crippen LogP contribution < -0.4 is 5.32 Å². The smallest absolute Gasteiger partial charge is 0.408 e. The molecule has 1 amide bonds. The molecular weight excluding hydrogens is 254 g/mol. The standard InChI is InChI=1S/C16H25NO3/c1-11(2)6-7-12(18)15-8-16(9-15,10-15)17-13(19)20-14(3,4)5/h6-7,11H,8-10H2,1-5H3,(H,17,19)/b7-6+. The number of ketones is 1. The largest absolute Gasteiger partial charge is 0.444 e. The lowest BCUT2D eigenvalue weighted by Gasteiger charge is -2.69. The molecule has 0 spiro atoms. The van der Waals surface area contributed by atoms with E-state index in [0.29, 0.717) is 5.92 Å². The molecule has 20 heavy (non-hydrogen) atoms. The highest BCUT2D eigenvalue weighted by molar-refractivity contribution is 5.98. The first-order chi connectivity index (χ1) is 9.06. The van der Waals surface area contributed by atoms with Gasteiger partial charge in [0.05, 0.1) is 0 Å². The Balaban J connectivity index is 1.82. The van der Waals surface area contributed by atoms with E-state index < -0.39 is 5.60 Å². The predicted molar refractivity (Wildman–Crippen MR) is 77.4 cm³/mol. The summed E-state index contributed by atoms with van der Waals surface area (Å²) in [5.74, 6) is 0.596. The molecule has 0 aromatic rings. The molecular formula is C16H25NO3. The summed E-state index contributed by atoms with van der Waals surface area (Å²) >= 11 is 0. The zero-order chi connectivity index (χ0) is 15.2. The van der Waals surface area contributed by atoms with Gasteiger partial charge in [0, 0.05) is 11.0 Å². The van der Waals surface area contributed by atoms with Crippen molar-refractivity contribution in [3.63, 3.8) is 0 Å². The minimum Gasteiger partial charge on any atom is -0.444 e. The number of hydrogen-bond acceptors (Lipinski definition) is 3. The molecule has 3 aliphatic carbocycles. The van der Waals surface area contributed by atoms with Crippen LogP contribution in [0, 0.1) is 11.3 Å². The maximum Gasteiger partial charge on any atom is 0.408 e.